The number of thioether (sulfide) groups is 1. The van der Waals surface area contributed by atoms with Gasteiger partial charge in [-0.1, -0.05) is 49.6 Å². The number of amides is 1. The van der Waals surface area contributed by atoms with Crippen molar-refractivity contribution in [2.75, 3.05) is 12.8 Å². The monoisotopic (exact) mass is 354 g/mol. The molecular weight excluding hydrogens is 328 g/mol. The molecule has 1 spiro atoms. The van der Waals surface area contributed by atoms with E-state index in [-0.39, 0.29) is 22.7 Å². The molecule has 1 fully saturated rings. The van der Waals surface area contributed by atoms with E-state index in [0.29, 0.717) is 6.54 Å². The molecule has 3 aliphatic rings. The fourth-order valence-corrected chi connectivity index (χ4v) is 5.72. The minimum Gasteiger partial charge on any atom is -0.307 e. The lowest BCUT2D eigenvalue weighted by molar-refractivity contribution is -0.139. The van der Waals surface area contributed by atoms with Gasteiger partial charge in [0.1, 0.15) is 0 Å². The van der Waals surface area contributed by atoms with Gasteiger partial charge in [0.25, 0.3) is 0 Å². The van der Waals surface area contributed by atoms with E-state index >= 15 is 0 Å². The molecule has 2 aliphatic carbocycles. The van der Waals surface area contributed by atoms with Gasteiger partial charge in [0.15, 0.2) is 5.50 Å². The minimum absolute atomic E-state index is 0.0608. The summed E-state index contributed by atoms with van der Waals surface area (Å²) in [5.74, 6) is 0.187. The lowest BCUT2D eigenvalue weighted by Gasteiger charge is -2.51. The average Bonchev–Trinajstić information content (AvgIpc) is 2.64. The van der Waals surface area contributed by atoms with Crippen LogP contribution in [0, 0.1) is 11.3 Å². The fraction of sp³-hybridized carbons (Fsp3) is 0.524. The van der Waals surface area contributed by atoms with Crippen LogP contribution in [-0.2, 0) is 11.2 Å². The first-order chi connectivity index (χ1) is 12.2. The van der Waals surface area contributed by atoms with Gasteiger partial charge in [-0.15, -0.1) is 18.3 Å². The van der Waals surface area contributed by atoms with Crippen LogP contribution >= 0.6 is 11.8 Å². The normalized spacial score (nSPS) is 27.5. The molecule has 3 nitrogen and oxygen atoms in total. The zero-order valence-electron chi connectivity index (χ0n) is 14.9. The summed E-state index contributed by atoms with van der Waals surface area (Å²) < 4.78 is 0. The fourth-order valence-electron chi connectivity index (χ4n) is 5.06. The topological polar surface area (TPSA) is 32.7 Å². The van der Waals surface area contributed by atoms with Crippen LogP contribution < -0.4 is 0 Å². The first-order valence-corrected chi connectivity index (χ1v) is 10.6. The van der Waals surface area contributed by atoms with Crippen molar-refractivity contribution >= 4 is 23.4 Å². The molecule has 1 saturated carbocycles. The van der Waals surface area contributed by atoms with Crippen LogP contribution in [0.5, 0.6) is 0 Å². The highest BCUT2D eigenvalue weighted by molar-refractivity contribution is 7.99. The number of benzene rings is 1. The lowest BCUT2D eigenvalue weighted by Crippen LogP contribution is -2.57. The van der Waals surface area contributed by atoms with Crippen molar-refractivity contribution in [3.8, 4) is 0 Å². The van der Waals surface area contributed by atoms with Crippen LogP contribution in [0.4, 0.5) is 0 Å². The standard InChI is InChI=1S/C21H26N2OS/c1-3-13-23-19(24)17-18(22-20(23)25-2)16-10-6-5-9-15(16)14-21(17)11-7-4-8-12-21/h3,5-6,9-10,17,20H,1,4,7-8,11-14H2,2H3. The number of aliphatic imine (C=N–C) groups is 1. The first-order valence-electron chi connectivity index (χ1n) is 9.30. The van der Waals surface area contributed by atoms with Crippen LogP contribution in [0.3, 0.4) is 0 Å². The van der Waals surface area contributed by atoms with Crippen LogP contribution in [0.15, 0.2) is 41.9 Å². The van der Waals surface area contributed by atoms with E-state index in [4.69, 9.17) is 4.99 Å². The highest BCUT2D eigenvalue weighted by Crippen LogP contribution is 2.52. The maximum Gasteiger partial charge on any atom is 0.234 e. The summed E-state index contributed by atoms with van der Waals surface area (Å²) in [7, 11) is 0. The molecule has 0 saturated heterocycles. The minimum atomic E-state index is -0.136. The molecule has 1 aliphatic heterocycles. The summed E-state index contributed by atoms with van der Waals surface area (Å²) in [5.41, 5.74) is 3.56. The van der Waals surface area contributed by atoms with Crippen LogP contribution in [0.2, 0.25) is 0 Å². The molecule has 1 heterocycles. The smallest absolute Gasteiger partial charge is 0.234 e. The average molecular weight is 355 g/mol. The molecule has 25 heavy (non-hydrogen) atoms. The van der Waals surface area contributed by atoms with Gasteiger partial charge in [-0.2, -0.15) is 0 Å². The van der Waals surface area contributed by atoms with Crippen molar-refractivity contribution in [1.82, 2.24) is 4.90 Å². The number of rotatable bonds is 3. The zero-order valence-corrected chi connectivity index (χ0v) is 15.7. The Hall–Kier alpha value is -1.55. The SMILES string of the molecule is C=CCN1C(=O)C2C(=NC1SC)c1ccccc1CC21CCCCC1. The number of carbonyl (C=O) groups is 1. The van der Waals surface area contributed by atoms with Gasteiger partial charge in [-0.3, -0.25) is 9.79 Å². The molecule has 1 amide bonds. The van der Waals surface area contributed by atoms with Crippen molar-refractivity contribution in [2.24, 2.45) is 16.3 Å². The predicted octanol–water partition coefficient (Wildman–Crippen LogP) is 4.27. The van der Waals surface area contributed by atoms with Gasteiger partial charge in [-0.25, -0.2) is 0 Å². The Morgan fingerprint density at radius 3 is 2.80 bits per heavy atom. The Morgan fingerprint density at radius 2 is 2.08 bits per heavy atom. The van der Waals surface area contributed by atoms with Crippen molar-refractivity contribution < 1.29 is 4.79 Å². The second-order valence-corrected chi connectivity index (χ2v) is 8.44. The van der Waals surface area contributed by atoms with Gasteiger partial charge in [-0.05, 0) is 42.1 Å². The second-order valence-electron chi connectivity index (χ2n) is 7.55. The largest absolute Gasteiger partial charge is 0.307 e. The third-order valence-corrected chi connectivity index (χ3v) is 6.94. The second kappa shape index (κ2) is 6.64. The van der Waals surface area contributed by atoms with E-state index in [0.717, 1.165) is 25.0 Å². The summed E-state index contributed by atoms with van der Waals surface area (Å²) in [6, 6.07) is 8.59. The van der Waals surface area contributed by atoms with E-state index in [2.05, 4.69) is 30.8 Å². The quantitative estimate of drug-likeness (QED) is 0.759. The van der Waals surface area contributed by atoms with Crippen molar-refractivity contribution in [3.05, 3.63) is 48.0 Å². The number of hydrogen-bond acceptors (Lipinski definition) is 3. The highest BCUT2D eigenvalue weighted by Gasteiger charge is 2.53. The Labute approximate surface area is 154 Å². The van der Waals surface area contributed by atoms with E-state index in [1.165, 1.54) is 30.4 Å². The molecule has 4 rings (SSSR count). The van der Waals surface area contributed by atoms with Crippen molar-refractivity contribution in [2.45, 2.75) is 44.0 Å². The van der Waals surface area contributed by atoms with E-state index in [1.807, 2.05) is 17.2 Å². The maximum absolute atomic E-state index is 13.6. The molecule has 4 heteroatoms. The Bertz CT molecular complexity index is 720. The first kappa shape index (κ1) is 16.9. The highest BCUT2D eigenvalue weighted by atomic mass is 32.2. The van der Waals surface area contributed by atoms with Crippen LogP contribution in [0.1, 0.15) is 43.2 Å². The number of hydrogen-bond donors (Lipinski definition) is 0. The summed E-state index contributed by atoms with van der Waals surface area (Å²) in [5, 5.41) is 0. The van der Waals surface area contributed by atoms with E-state index in [9.17, 15) is 4.79 Å². The van der Waals surface area contributed by atoms with Crippen LogP contribution in [-0.4, -0.2) is 34.8 Å². The molecule has 0 radical (unpaired) electrons. The van der Waals surface area contributed by atoms with Gasteiger partial charge >= 0.3 is 0 Å². The Balaban J connectivity index is 1.88. The molecule has 0 bridgehead atoms. The van der Waals surface area contributed by atoms with Gasteiger partial charge < -0.3 is 4.90 Å². The molecular formula is C21H26N2OS. The number of fused-ring (bicyclic) bond motifs is 4. The molecule has 2 atom stereocenters. The van der Waals surface area contributed by atoms with E-state index < -0.39 is 0 Å². The summed E-state index contributed by atoms with van der Waals surface area (Å²) in [6.07, 6.45) is 10.9. The van der Waals surface area contributed by atoms with Gasteiger partial charge in [0.2, 0.25) is 5.91 Å². The third kappa shape index (κ3) is 2.66. The molecule has 2 unspecified atom stereocenters. The molecule has 132 valence electrons. The zero-order chi connectivity index (χ0) is 17.4. The van der Waals surface area contributed by atoms with Crippen molar-refractivity contribution in [1.29, 1.82) is 0 Å². The van der Waals surface area contributed by atoms with Gasteiger partial charge in [0, 0.05) is 6.54 Å². The summed E-state index contributed by atoms with van der Waals surface area (Å²) >= 11 is 1.63. The number of nitrogens with zero attached hydrogens (tertiary/aromatic N) is 2. The van der Waals surface area contributed by atoms with Crippen LogP contribution in [0.25, 0.3) is 0 Å². The molecule has 0 aromatic heterocycles. The van der Waals surface area contributed by atoms with E-state index in [1.54, 1.807) is 11.8 Å². The Morgan fingerprint density at radius 1 is 1.32 bits per heavy atom. The third-order valence-electron chi connectivity index (χ3n) is 6.15. The number of carbonyl (C=O) groups excluding carboxylic acids is 1. The summed E-state index contributed by atoms with van der Waals surface area (Å²) in [4.78, 5) is 20.6. The molecule has 0 N–H and O–H groups in total. The molecule has 1 aromatic rings. The summed E-state index contributed by atoms with van der Waals surface area (Å²) in [6.45, 7) is 4.43. The molecule has 1 aromatic carbocycles. The van der Waals surface area contributed by atoms with Crippen molar-refractivity contribution in [3.63, 3.8) is 0 Å². The lowest BCUT2D eigenvalue weighted by atomic mass is 9.57. The predicted molar refractivity (Wildman–Crippen MR) is 105 cm³/mol. The maximum atomic E-state index is 13.6. The van der Waals surface area contributed by atoms with Gasteiger partial charge in [0.05, 0.1) is 11.6 Å². The Kier molecular flexibility index (Phi) is 4.48.